The Hall–Kier alpha value is -0.120. The number of hydrogen-bond acceptors (Lipinski definition) is 3. The Balaban J connectivity index is 3.10. The second-order valence-electron chi connectivity index (χ2n) is 4.09. The third-order valence-corrected chi connectivity index (χ3v) is 2.00. The van der Waals surface area contributed by atoms with Gasteiger partial charge in [0.2, 0.25) is 0 Å². The summed E-state index contributed by atoms with van der Waals surface area (Å²) in [5.41, 5.74) is 0. The first kappa shape index (κ1) is 13.9. The molecule has 0 bridgehead atoms. The van der Waals surface area contributed by atoms with Gasteiger partial charge in [0.25, 0.3) is 0 Å². The number of hydrogen-bond donors (Lipinski definition) is 1. The van der Waals surface area contributed by atoms with Crippen LogP contribution in [0.1, 0.15) is 27.2 Å². The number of ether oxygens (including phenoxy) is 2. The second kappa shape index (κ2) is 9.44. The molecule has 0 aromatic heterocycles. The van der Waals surface area contributed by atoms with Crippen LogP contribution in [0.15, 0.2) is 0 Å². The van der Waals surface area contributed by atoms with Crippen molar-refractivity contribution in [3.8, 4) is 0 Å². The highest BCUT2D eigenvalue weighted by molar-refractivity contribution is 4.62. The van der Waals surface area contributed by atoms with Crippen LogP contribution in [0.4, 0.5) is 0 Å². The summed E-state index contributed by atoms with van der Waals surface area (Å²) < 4.78 is 10.2. The molecule has 1 N–H and O–H groups in total. The predicted molar refractivity (Wildman–Crippen MR) is 59.6 cm³/mol. The molecular weight excluding hydrogens is 178 g/mol. The first-order valence-corrected chi connectivity index (χ1v) is 5.47. The number of nitrogens with one attached hydrogen (secondary N) is 1. The van der Waals surface area contributed by atoms with Crippen LogP contribution >= 0.6 is 0 Å². The summed E-state index contributed by atoms with van der Waals surface area (Å²) in [6.07, 6.45) is 1.22. The van der Waals surface area contributed by atoms with Crippen LogP contribution in [-0.2, 0) is 9.47 Å². The van der Waals surface area contributed by atoms with Crippen LogP contribution in [0.5, 0.6) is 0 Å². The van der Waals surface area contributed by atoms with Gasteiger partial charge in [-0.3, -0.25) is 0 Å². The lowest BCUT2D eigenvalue weighted by atomic mass is 10.1. The summed E-state index contributed by atoms with van der Waals surface area (Å²) >= 11 is 0. The Morgan fingerprint density at radius 3 is 2.36 bits per heavy atom. The third kappa shape index (κ3) is 9.96. The molecule has 1 atom stereocenters. The zero-order valence-corrected chi connectivity index (χ0v) is 10.0. The van der Waals surface area contributed by atoms with Crippen molar-refractivity contribution in [1.29, 1.82) is 0 Å². The molecule has 0 radical (unpaired) electrons. The van der Waals surface area contributed by atoms with E-state index in [2.05, 4.69) is 26.1 Å². The Labute approximate surface area is 88.2 Å². The van der Waals surface area contributed by atoms with Crippen molar-refractivity contribution >= 4 is 0 Å². The zero-order valence-electron chi connectivity index (χ0n) is 10.0. The van der Waals surface area contributed by atoms with Gasteiger partial charge in [-0.2, -0.15) is 0 Å². The molecule has 0 aliphatic carbocycles. The molecule has 0 spiro atoms. The van der Waals surface area contributed by atoms with Gasteiger partial charge in [-0.05, 0) is 19.3 Å². The zero-order chi connectivity index (χ0) is 10.8. The quantitative estimate of drug-likeness (QED) is 0.578. The van der Waals surface area contributed by atoms with Crippen LogP contribution in [0.2, 0.25) is 0 Å². The average Bonchev–Trinajstić information content (AvgIpc) is 2.10. The number of methoxy groups -OCH3 is 1. The van der Waals surface area contributed by atoms with Crippen molar-refractivity contribution in [2.45, 2.75) is 33.2 Å². The van der Waals surface area contributed by atoms with Gasteiger partial charge in [-0.15, -0.1) is 0 Å². The molecule has 14 heavy (non-hydrogen) atoms. The van der Waals surface area contributed by atoms with Crippen LogP contribution in [0.25, 0.3) is 0 Å². The van der Waals surface area contributed by atoms with Crippen LogP contribution in [-0.4, -0.2) is 39.5 Å². The van der Waals surface area contributed by atoms with Crippen molar-refractivity contribution < 1.29 is 9.47 Å². The fourth-order valence-electron chi connectivity index (χ4n) is 1.41. The van der Waals surface area contributed by atoms with Crippen molar-refractivity contribution in [3.05, 3.63) is 0 Å². The molecule has 3 heteroatoms. The summed E-state index contributed by atoms with van der Waals surface area (Å²) in [6, 6.07) is 0.584. The molecule has 0 fully saturated rings. The molecule has 0 rings (SSSR count). The summed E-state index contributed by atoms with van der Waals surface area (Å²) in [5.74, 6) is 0.756. The minimum Gasteiger partial charge on any atom is -0.382 e. The van der Waals surface area contributed by atoms with Gasteiger partial charge in [-0.25, -0.2) is 0 Å². The van der Waals surface area contributed by atoms with Crippen molar-refractivity contribution in [2.75, 3.05) is 33.5 Å². The lowest BCUT2D eigenvalue weighted by molar-refractivity contribution is 0.0710. The van der Waals surface area contributed by atoms with Gasteiger partial charge in [0.1, 0.15) is 0 Å². The fraction of sp³-hybridized carbons (Fsp3) is 1.00. The summed E-state index contributed by atoms with van der Waals surface area (Å²) in [7, 11) is 1.69. The minimum absolute atomic E-state index is 0.584. The SMILES string of the molecule is COCCOCCNC(C)CC(C)C. The lowest BCUT2D eigenvalue weighted by Crippen LogP contribution is -2.30. The maximum Gasteiger partial charge on any atom is 0.0700 e. The van der Waals surface area contributed by atoms with Gasteiger partial charge < -0.3 is 14.8 Å². The summed E-state index contributed by atoms with van der Waals surface area (Å²) in [4.78, 5) is 0. The molecule has 1 unspecified atom stereocenters. The van der Waals surface area contributed by atoms with E-state index in [9.17, 15) is 0 Å². The summed E-state index contributed by atoms with van der Waals surface area (Å²) in [5, 5.41) is 3.43. The molecule has 0 amide bonds. The van der Waals surface area contributed by atoms with E-state index in [1.165, 1.54) is 6.42 Å². The van der Waals surface area contributed by atoms with E-state index in [1.807, 2.05) is 0 Å². The second-order valence-corrected chi connectivity index (χ2v) is 4.09. The van der Waals surface area contributed by atoms with Crippen LogP contribution < -0.4 is 5.32 Å². The molecule has 0 aromatic rings. The van der Waals surface area contributed by atoms with Gasteiger partial charge >= 0.3 is 0 Å². The Kier molecular flexibility index (Phi) is 9.35. The van der Waals surface area contributed by atoms with Crippen LogP contribution in [0.3, 0.4) is 0 Å². The topological polar surface area (TPSA) is 30.5 Å². The van der Waals surface area contributed by atoms with E-state index < -0.39 is 0 Å². The van der Waals surface area contributed by atoms with Gasteiger partial charge in [-0.1, -0.05) is 13.8 Å². The highest BCUT2D eigenvalue weighted by Crippen LogP contribution is 2.02. The van der Waals surface area contributed by atoms with Crippen LogP contribution in [0, 0.1) is 5.92 Å². The molecule has 0 saturated heterocycles. The monoisotopic (exact) mass is 203 g/mol. The first-order chi connectivity index (χ1) is 6.66. The Morgan fingerprint density at radius 2 is 1.79 bits per heavy atom. The fourth-order valence-corrected chi connectivity index (χ4v) is 1.41. The molecule has 3 nitrogen and oxygen atoms in total. The summed E-state index contributed by atoms with van der Waals surface area (Å²) in [6.45, 7) is 9.78. The Bertz CT molecular complexity index is 118. The van der Waals surface area contributed by atoms with E-state index in [0.717, 1.165) is 19.1 Å². The lowest BCUT2D eigenvalue weighted by Gasteiger charge is -2.15. The number of rotatable bonds is 9. The smallest absolute Gasteiger partial charge is 0.0700 e. The molecule has 0 heterocycles. The highest BCUT2D eigenvalue weighted by Gasteiger charge is 2.02. The molecule has 0 aromatic carbocycles. The van der Waals surface area contributed by atoms with Gasteiger partial charge in [0.15, 0.2) is 0 Å². The standard InChI is InChI=1S/C11H25NO2/c1-10(2)9-11(3)12-5-6-14-8-7-13-4/h10-12H,5-9H2,1-4H3. The largest absolute Gasteiger partial charge is 0.382 e. The van der Waals surface area contributed by atoms with E-state index in [-0.39, 0.29) is 0 Å². The minimum atomic E-state index is 0.584. The average molecular weight is 203 g/mol. The van der Waals surface area contributed by atoms with Crippen molar-refractivity contribution in [3.63, 3.8) is 0 Å². The molecule has 0 aliphatic heterocycles. The normalized spacial score (nSPS) is 13.5. The van der Waals surface area contributed by atoms with E-state index in [0.29, 0.717) is 19.3 Å². The predicted octanol–water partition coefficient (Wildman–Crippen LogP) is 1.67. The van der Waals surface area contributed by atoms with Gasteiger partial charge in [0.05, 0.1) is 19.8 Å². The maximum atomic E-state index is 5.34. The molecule has 86 valence electrons. The molecule has 0 aliphatic rings. The third-order valence-electron chi connectivity index (χ3n) is 2.00. The first-order valence-electron chi connectivity index (χ1n) is 5.47. The van der Waals surface area contributed by atoms with Crippen molar-refractivity contribution in [2.24, 2.45) is 5.92 Å². The highest BCUT2D eigenvalue weighted by atomic mass is 16.5. The van der Waals surface area contributed by atoms with E-state index in [1.54, 1.807) is 7.11 Å². The molecular formula is C11H25NO2. The Morgan fingerprint density at radius 1 is 1.07 bits per heavy atom. The molecule has 0 saturated carbocycles. The van der Waals surface area contributed by atoms with Gasteiger partial charge in [0, 0.05) is 19.7 Å². The maximum absolute atomic E-state index is 5.34. The van der Waals surface area contributed by atoms with Crippen molar-refractivity contribution in [1.82, 2.24) is 5.32 Å². The van der Waals surface area contributed by atoms with E-state index in [4.69, 9.17) is 9.47 Å². The van der Waals surface area contributed by atoms with E-state index >= 15 is 0 Å².